The van der Waals surface area contributed by atoms with Crippen molar-refractivity contribution in [3.63, 3.8) is 0 Å². The number of aromatic hydroxyl groups is 1. The number of aliphatic carboxylic acids is 1. The number of carbonyl (C=O) groups excluding carboxylic acids is 1. The number of carbonyl (C=O) groups is 2. The molecule has 2 aromatic rings. The SMILES string of the molecule is O=C(c1ccc(O)c(F)c1)N1CC[C@H](O)[C@](Cc2ccc(F)cc2)(C(=O)O)C1. The Labute approximate surface area is 159 Å². The molecule has 0 aromatic heterocycles. The van der Waals surface area contributed by atoms with Crippen molar-refractivity contribution in [3.05, 3.63) is 65.2 Å². The number of benzene rings is 2. The fourth-order valence-electron chi connectivity index (χ4n) is 3.50. The maximum Gasteiger partial charge on any atom is 0.314 e. The fraction of sp³-hybridized carbons (Fsp3) is 0.300. The standard InChI is InChI=1S/C20H19F2NO5/c21-14-4-1-12(2-5-14)10-20(19(27)28)11-23(8-7-17(20)25)18(26)13-3-6-16(24)15(22)9-13/h1-6,9,17,24-25H,7-8,10-11H2,(H,27,28)/t17-,20+/m0/s1. The third-order valence-corrected chi connectivity index (χ3v) is 5.12. The largest absolute Gasteiger partial charge is 0.505 e. The number of aliphatic hydroxyl groups excluding tert-OH is 1. The summed E-state index contributed by atoms with van der Waals surface area (Å²) in [5.41, 5.74) is -1.21. The van der Waals surface area contributed by atoms with Crippen LogP contribution >= 0.6 is 0 Å². The Morgan fingerprint density at radius 2 is 1.82 bits per heavy atom. The van der Waals surface area contributed by atoms with Gasteiger partial charge in [0.2, 0.25) is 0 Å². The summed E-state index contributed by atoms with van der Waals surface area (Å²) in [5.74, 6) is -3.90. The molecule has 0 aliphatic carbocycles. The molecule has 0 saturated carbocycles. The van der Waals surface area contributed by atoms with E-state index in [2.05, 4.69) is 0 Å². The van der Waals surface area contributed by atoms with Crippen LogP contribution in [-0.2, 0) is 11.2 Å². The molecular weight excluding hydrogens is 372 g/mol. The summed E-state index contributed by atoms with van der Waals surface area (Å²) in [6, 6.07) is 8.43. The van der Waals surface area contributed by atoms with Crippen LogP contribution in [0.1, 0.15) is 22.3 Å². The van der Waals surface area contributed by atoms with Crippen LogP contribution in [0.15, 0.2) is 42.5 Å². The van der Waals surface area contributed by atoms with Gasteiger partial charge in [-0.25, -0.2) is 8.78 Å². The van der Waals surface area contributed by atoms with E-state index in [0.29, 0.717) is 5.56 Å². The van der Waals surface area contributed by atoms with E-state index >= 15 is 0 Å². The summed E-state index contributed by atoms with van der Waals surface area (Å²) < 4.78 is 26.7. The zero-order chi connectivity index (χ0) is 20.5. The van der Waals surface area contributed by atoms with Crippen LogP contribution in [0.4, 0.5) is 8.78 Å². The molecule has 0 bridgehead atoms. The summed E-state index contributed by atoms with van der Waals surface area (Å²) in [6.07, 6.45) is -1.28. The van der Waals surface area contributed by atoms with Crippen LogP contribution in [0.3, 0.4) is 0 Å². The normalized spacial score (nSPS) is 22.1. The van der Waals surface area contributed by atoms with Gasteiger partial charge < -0.3 is 20.2 Å². The van der Waals surface area contributed by atoms with Gasteiger partial charge in [0.1, 0.15) is 11.2 Å². The number of halogens is 2. The number of likely N-dealkylation sites (tertiary alicyclic amines) is 1. The minimum atomic E-state index is -1.68. The molecule has 1 heterocycles. The average Bonchev–Trinajstić information content (AvgIpc) is 2.67. The highest BCUT2D eigenvalue weighted by Gasteiger charge is 2.50. The van der Waals surface area contributed by atoms with Gasteiger partial charge in [-0.3, -0.25) is 9.59 Å². The van der Waals surface area contributed by atoms with Gasteiger partial charge in [-0.1, -0.05) is 12.1 Å². The van der Waals surface area contributed by atoms with Crippen molar-refractivity contribution in [2.24, 2.45) is 5.41 Å². The van der Waals surface area contributed by atoms with E-state index in [1.807, 2.05) is 0 Å². The lowest BCUT2D eigenvalue weighted by molar-refractivity contribution is -0.161. The number of hydrogen-bond donors (Lipinski definition) is 3. The van der Waals surface area contributed by atoms with Gasteiger partial charge in [0.05, 0.1) is 6.10 Å². The minimum absolute atomic E-state index is 0.0276. The van der Waals surface area contributed by atoms with Gasteiger partial charge in [0.15, 0.2) is 11.6 Å². The molecule has 2 atom stereocenters. The van der Waals surface area contributed by atoms with E-state index in [1.165, 1.54) is 35.2 Å². The number of amides is 1. The van der Waals surface area contributed by atoms with Crippen molar-refractivity contribution in [2.45, 2.75) is 18.9 Å². The highest BCUT2D eigenvalue weighted by molar-refractivity contribution is 5.95. The van der Waals surface area contributed by atoms with E-state index in [9.17, 15) is 33.7 Å². The second kappa shape index (κ2) is 7.55. The first-order chi connectivity index (χ1) is 13.2. The predicted molar refractivity (Wildman–Crippen MR) is 94.8 cm³/mol. The summed E-state index contributed by atoms with van der Waals surface area (Å²) >= 11 is 0. The molecule has 1 aliphatic rings. The molecule has 6 nitrogen and oxygen atoms in total. The first-order valence-corrected chi connectivity index (χ1v) is 8.66. The van der Waals surface area contributed by atoms with Crippen molar-refractivity contribution in [2.75, 3.05) is 13.1 Å². The monoisotopic (exact) mass is 391 g/mol. The third kappa shape index (κ3) is 3.68. The van der Waals surface area contributed by atoms with Gasteiger partial charge in [-0.05, 0) is 48.7 Å². The lowest BCUT2D eigenvalue weighted by atomic mass is 9.72. The maximum absolute atomic E-state index is 13.6. The predicted octanol–water partition coefficient (Wildman–Crippen LogP) is 2.19. The Balaban J connectivity index is 1.89. The molecule has 1 amide bonds. The van der Waals surface area contributed by atoms with Crippen LogP contribution < -0.4 is 0 Å². The molecule has 1 fully saturated rings. The molecule has 1 saturated heterocycles. The quantitative estimate of drug-likeness (QED) is 0.742. The Hall–Kier alpha value is -3.00. The number of carboxylic acid groups (broad SMARTS) is 1. The molecular formula is C20H19F2NO5. The summed E-state index contributed by atoms with van der Waals surface area (Å²) in [4.78, 5) is 26.1. The Morgan fingerprint density at radius 1 is 1.14 bits per heavy atom. The van der Waals surface area contributed by atoms with Crippen molar-refractivity contribution in [1.82, 2.24) is 4.90 Å². The molecule has 0 unspecified atom stereocenters. The van der Waals surface area contributed by atoms with Gasteiger partial charge >= 0.3 is 5.97 Å². The number of rotatable bonds is 4. The lowest BCUT2D eigenvalue weighted by Gasteiger charge is -2.43. The number of hydrogen-bond acceptors (Lipinski definition) is 4. The molecule has 2 aromatic carbocycles. The zero-order valence-corrected chi connectivity index (χ0v) is 14.8. The Morgan fingerprint density at radius 3 is 2.43 bits per heavy atom. The van der Waals surface area contributed by atoms with E-state index in [1.54, 1.807) is 0 Å². The number of piperidine rings is 1. The first kappa shape index (κ1) is 19.8. The summed E-state index contributed by atoms with van der Waals surface area (Å²) in [5, 5.41) is 29.6. The lowest BCUT2D eigenvalue weighted by Crippen LogP contribution is -2.58. The van der Waals surface area contributed by atoms with Gasteiger partial charge in [0.25, 0.3) is 5.91 Å². The molecule has 0 radical (unpaired) electrons. The number of aliphatic hydroxyl groups is 1. The fourth-order valence-corrected chi connectivity index (χ4v) is 3.50. The van der Waals surface area contributed by atoms with Crippen molar-refractivity contribution in [1.29, 1.82) is 0 Å². The van der Waals surface area contributed by atoms with Crippen molar-refractivity contribution < 1.29 is 33.7 Å². The maximum atomic E-state index is 13.6. The highest BCUT2D eigenvalue weighted by Crippen LogP contribution is 2.35. The first-order valence-electron chi connectivity index (χ1n) is 8.66. The molecule has 1 aliphatic heterocycles. The zero-order valence-electron chi connectivity index (χ0n) is 14.8. The van der Waals surface area contributed by atoms with E-state index in [0.717, 1.165) is 12.1 Å². The number of carboxylic acids is 1. The van der Waals surface area contributed by atoms with Crippen LogP contribution in [-0.4, -0.2) is 51.3 Å². The molecule has 8 heteroatoms. The molecule has 148 valence electrons. The summed E-state index contributed by atoms with van der Waals surface area (Å²) in [7, 11) is 0. The van der Waals surface area contributed by atoms with E-state index in [4.69, 9.17) is 0 Å². The van der Waals surface area contributed by atoms with E-state index < -0.39 is 40.8 Å². The minimum Gasteiger partial charge on any atom is -0.505 e. The molecule has 3 N–H and O–H groups in total. The molecule has 0 spiro atoms. The van der Waals surface area contributed by atoms with Crippen LogP contribution in [0, 0.1) is 17.0 Å². The van der Waals surface area contributed by atoms with Crippen molar-refractivity contribution >= 4 is 11.9 Å². The second-order valence-electron chi connectivity index (χ2n) is 6.96. The Bertz CT molecular complexity index is 902. The van der Waals surface area contributed by atoms with Gasteiger partial charge in [-0.2, -0.15) is 0 Å². The highest BCUT2D eigenvalue weighted by atomic mass is 19.1. The number of phenols is 1. The number of nitrogens with zero attached hydrogens (tertiary/aromatic N) is 1. The van der Waals surface area contributed by atoms with Crippen molar-refractivity contribution in [3.8, 4) is 5.75 Å². The Kier molecular flexibility index (Phi) is 5.33. The summed E-state index contributed by atoms with van der Waals surface area (Å²) in [6.45, 7) is -0.191. The second-order valence-corrected chi connectivity index (χ2v) is 6.96. The van der Waals surface area contributed by atoms with Gasteiger partial charge in [-0.15, -0.1) is 0 Å². The smallest absolute Gasteiger partial charge is 0.314 e. The number of phenolic OH excluding ortho intramolecular Hbond substituents is 1. The van der Waals surface area contributed by atoms with Crippen LogP contribution in [0.25, 0.3) is 0 Å². The topological polar surface area (TPSA) is 98.1 Å². The average molecular weight is 391 g/mol. The van der Waals surface area contributed by atoms with Gasteiger partial charge in [0, 0.05) is 18.7 Å². The van der Waals surface area contributed by atoms with Crippen LogP contribution in [0.5, 0.6) is 5.75 Å². The molecule has 28 heavy (non-hydrogen) atoms. The third-order valence-electron chi connectivity index (χ3n) is 5.12. The molecule has 3 rings (SSSR count). The van der Waals surface area contributed by atoms with Crippen LogP contribution in [0.2, 0.25) is 0 Å². The van der Waals surface area contributed by atoms with E-state index in [-0.39, 0.29) is 31.5 Å².